The predicted octanol–water partition coefficient (Wildman–Crippen LogP) is 2.36. The highest BCUT2D eigenvalue weighted by atomic mass is 79.9. The minimum atomic E-state index is -0.575. The van der Waals surface area contributed by atoms with Crippen LogP contribution < -0.4 is 4.90 Å². The van der Waals surface area contributed by atoms with Crippen molar-refractivity contribution >= 4 is 33.5 Å². The number of benzene rings is 1. The molecule has 0 aliphatic carbocycles. The number of carbonyl (C=O) groups is 2. The van der Waals surface area contributed by atoms with Crippen molar-refractivity contribution in [3.05, 3.63) is 28.2 Å². The van der Waals surface area contributed by atoms with Gasteiger partial charge in [0, 0.05) is 23.1 Å². The molecule has 5 heteroatoms. The van der Waals surface area contributed by atoms with Gasteiger partial charge in [0.15, 0.2) is 0 Å². The van der Waals surface area contributed by atoms with E-state index in [-0.39, 0.29) is 17.5 Å². The first-order chi connectivity index (χ1) is 8.54. The van der Waals surface area contributed by atoms with Crippen LogP contribution in [-0.2, 0) is 9.53 Å². The van der Waals surface area contributed by atoms with Crippen molar-refractivity contribution in [2.75, 3.05) is 18.6 Å². The van der Waals surface area contributed by atoms with Crippen LogP contribution in [0.1, 0.15) is 24.6 Å². The number of esters is 1. The van der Waals surface area contributed by atoms with Gasteiger partial charge in [-0.05, 0) is 24.6 Å². The second kappa shape index (κ2) is 4.87. The standard InChI is InChI=1S/C12H12BrNO3/c1-17-12(16)8-5-9(13)7-10(6-8)14-4-2-3-11(14)15/h5-7H,2-4H2,1H3/i5D. The molecule has 1 aromatic rings. The fourth-order valence-electron chi connectivity index (χ4n) is 1.82. The summed E-state index contributed by atoms with van der Waals surface area (Å²) >= 11 is 3.23. The lowest BCUT2D eigenvalue weighted by Crippen LogP contribution is -2.24. The Balaban J connectivity index is 2.47. The molecule has 0 atom stereocenters. The molecule has 1 fully saturated rings. The Labute approximate surface area is 109 Å². The molecule has 0 radical (unpaired) electrons. The molecule has 2 rings (SSSR count). The average molecular weight is 299 g/mol. The van der Waals surface area contributed by atoms with E-state index in [1.54, 1.807) is 11.0 Å². The van der Waals surface area contributed by atoms with Crippen LogP contribution >= 0.6 is 15.9 Å². The van der Waals surface area contributed by atoms with Crippen LogP contribution in [0.25, 0.3) is 0 Å². The summed E-state index contributed by atoms with van der Waals surface area (Å²) in [6.45, 7) is 0.642. The van der Waals surface area contributed by atoms with E-state index in [1.807, 2.05) is 0 Å². The molecular formula is C12H12BrNO3. The third kappa shape index (κ3) is 2.49. The van der Waals surface area contributed by atoms with Gasteiger partial charge in [-0.3, -0.25) is 4.79 Å². The van der Waals surface area contributed by atoms with Crippen molar-refractivity contribution in [1.82, 2.24) is 0 Å². The van der Waals surface area contributed by atoms with Crippen LogP contribution in [0.5, 0.6) is 0 Å². The van der Waals surface area contributed by atoms with Crippen molar-refractivity contribution in [3.8, 4) is 0 Å². The molecule has 0 saturated carbocycles. The molecule has 0 aromatic heterocycles. The van der Waals surface area contributed by atoms with Gasteiger partial charge in [-0.15, -0.1) is 0 Å². The lowest BCUT2D eigenvalue weighted by molar-refractivity contribution is -0.117. The van der Waals surface area contributed by atoms with Gasteiger partial charge in [-0.2, -0.15) is 0 Å². The minimum absolute atomic E-state index is 0.0375. The topological polar surface area (TPSA) is 46.6 Å². The molecule has 1 heterocycles. The second-order valence-corrected chi connectivity index (χ2v) is 4.60. The van der Waals surface area contributed by atoms with Crippen molar-refractivity contribution in [1.29, 1.82) is 0 Å². The fourth-order valence-corrected chi connectivity index (χ4v) is 2.27. The van der Waals surface area contributed by atoms with Gasteiger partial charge in [0.05, 0.1) is 14.0 Å². The van der Waals surface area contributed by atoms with E-state index in [4.69, 9.17) is 1.37 Å². The van der Waals surface area contributed by atoms with Crippen molar-refractivity contribution < 1.29 is 15.7 Å². The molecule has 4 nitrogen and oxygen atoms in total. The molecule has 90 valence electrons. The highest BCUT2D eigenvalue weighted by Gasteiger charge is 2.23. The first kappa shape index (κ1) is 10.8. The van der Waals surface area contributed by atoms with Gasteiger partial charge in [0.2, 0.25) is 5.91 Å². The van der Waals surface area contributed by atoms with Gasteiger partial charge >= 0.3 is 5.97 Å². The van der Waals surface area contributed by atoms with E-state index in [0.29, 0.717) is 23.1 Å². The average Bonchev–Trinajstić information content (AvgIpc) is 2.78. The number of methoxy groups -OCH3 is 1. The lowest BCUT2D eigenvalue weighted by atomic mass is 10.2. The lowest BCUT2D eigenvalue weighted by Gasteiger charge is -2.16. The zero-order valence-corrected chi connectivity index (χ0v) is 10.9. The molecule has 1 aromatic carbocycles. The number of hydrogen-bond acceptors (Lipinski definition) is 3. The maximum atomic E-state index is 11.7. The third-order valence-corrected chi connectivity index (χ3v) is 3.04. The summed E-state index contributed by atoms with van der Waals surface area (Å²) in [6.07, 6.45) is 1.33. The molecule has 1 saturated heterocycles. The summed E-state index contributed by atoms with van der Waals surface area (Å²) in [6, 6.07) is 3.28. The Kier molecular flexibility index (Phi) is 3.09. The Morgan fingerprint density at radius 3 is 2.94 bits per heavy atom. The highest BCUT2D eigenvalue weighted by Crippen LogP contribution is 2.26. The van der Waals surface area contributed by atoms with Crippen LogP contribution in [-0.4, -0.2) is 25.5 Å². The molecule has 1 aliphatic rings. The molecule has 1 amide bonds. The van der Waals surface area contributed by atoms with E-state index in [2.05, 4.69) is 20.7 Å². The fraction of sp³-hybridized carbons (Fsp3) is 0.333. The van der Waals surface area contributed by atoms with E-state index >= 15 is 0 Å². The van der Waals surface area contributed by atoms with Crippen LogP contribution in [0.15, 0.2) is 22.6 Å². The van der Waals surface area contributed by atoms with Gasteiger partial charge < -0.3 is 9.64 Å². The van der Waals surface area contributed by atoms with Crippen LogP contribution in [0, 0.1) is 0 Å². The molecule has 17 heavy (non-hydrogen) atoms. The molecule has 0 bridgehead atoms. The van der Waals surface area contributed by atoms with E-state index < -0.39 is 5.97 Å². The Bertz CT molecular complexity index is 518. The zero-order valence-electron chi connectivity index (χ0n) is 10.3. The van der Waals surface area contributed by atoms with E-state index in [0.717, 1.165) is 6.42 Å². The van der Waals surface area contributed by atoms with Crippen molar-refractivity contribution in [2.24, 2.45) is 0 Å². The maximum absolute atomic E-state index is 11.7. The molecule has 0 N–H and O–H groups in total. The van der Waals surface area contributed by atoms with Gasteiger partial charge in [-0.25, -0.2) is 4.79 Å². The number of hydrogen-bond donors (Lipinski definition) is 0. The van der Waals surface area contributed by atoms with Gasteiger partial charge in [-0.1, -0.05) is 15.9 Å². The number of rotatable bonds is 2. The van der Waals surface area contributed by atoms with Crippen molar-refractivity contribution in [3.63, 3.8) is 0 Å². The number of nitrogens with zero attached hydrogens (tertiary/aromatic N) is 1. The molecule has 0 spiro atoms. The number of carbonyl (C=O) groups excluding carboxylic acids is 2. The second-order valence-electron chi connectivity index (χ2n) is 3.74. The minimum Gasteiger partial charge on any atom is -0.465 e. The van der Waals surface area contributed by atoms with Gasteiger partial charge in [0.25, 0.3) is 0 Å². The number of anilines is 1. The van der Waals surface area contributed by atoms with Crippen LogP contribution in [0.4, 0.5) is 5.69 Å². The molecular weight excluding hydrogens is 286 g/mol. The first-order valence-corrected chi connectivity index (χ1v) is 6.02. The van der Waals surface area contributed by atoms with Gasteiger partial charge in [0.1, 0.15) is 0 Å². The number of halogens is 1. The Morgan fingerprint density at radius 1 is 1.59 bits per heavy atom. The summed E-state index contributed by atoms with van der Waals surface area (Å²) in [4.78, 5) is 24.9. The maximum Gasteiger partial charge on any atom is 0.337 e. The SMILES string of the molecule is [2H]c1c(Br)cc(N2CCCC2=O)cc1C(=O)OC. The number of amides is 1. The highest BCUT2D eigenvalue weighted by molar-refractivity contribution is 9.10. The summed E-state index contributed by atoms with van der Waals surface area (Å²) in [5, 5.41) is 0. The number of ether oxygens (including phenoxy) is 1. The summed E-state index contributed by atoms with van der Waals surface area (Å²) in [5.41, 5.74) is 0.780. The first-order valence-electron chi connectivity index (χ1n) is 5.73. The molecule has 0 unspecified atom stereocenters. The summed E-state index contributed by atoms with van der Waals surface area (Å²) < 4.78 is 12.9. The predicted molar refractivity (Wildman–Crippen MR) is 67.1 cm³/mol. The summed E-state index contributed by atoms with van der Waals surface area (Å²) in [5.74, 6) is -0.537. The quantitative estimate of drug-likeness (QED) is 0.788. The molecule has 1 aliphatic heterocycles. The van der Waals surface area contributed by atoms with Crippen molar-refractivity contribution in [2.45, 2.75) is 12.8 Å². The van der Waals surface area contributed by atoms with Crippen LogP contribution in [0.2, 0.25) is 0 Å². The third-order valence-electron chi connectivity index (χ3n) is 2.61. The van der Waals surface area contributed by atoms with E-state index in [1.165, 1.54) is 13.2 Å². The smallest absolute Gasteiger partial charge is 0.337 e. The Morgan fingerprint density at radius 2 is 2.35 bits per heavy atom. The largest absolute Gasteiger partial charge is 0.465 e. The normalized spacial score (nSPS) is 16.0. The monoisotopic (exact) mass is 298 g/mol. The van der Waals surface area contributed by atoms with Crippen LogP contribution in [0.3, 0.4) is 0 Å². The Hall–Kier alpha value is -1.36. The zero-order chi connectivity index (χ0) is 13.3. The summed E-state index contributed by atoms with van der Waals surface area (Å²) in [7, 11) is 1.27. The van der Waals surface area contributed by atoms with E-state index in [9.17, 15) is 9.59 Å².